The summed E-state index contributed by atoms with van der Waals surface area (Å²) in [5.74, 6) is 0.168. The van der Waals surface area contributed by atoms with E-state index in [1.807, 2.05) is 43.0 Å². The molecule has 1 aliphatic rings. The molecule has 2 aromatic rings. The van der Waals surface area contributed by atoms with Gasteiger partial charge in [0, 0.05) is 13.1 Å². The van der Waals surface area contributed by atoms with Gasteiger partial charge in [-0.3, -0.25) is 4.79 Å². The van der Waals surface area contributed by atoms with Gasteiger partial charge < -0.3 is 4.90 Å². The molecular formula is C15H19N5OS. The second-order valence-electron chi connectivity index (χ2n) is 5.50. The first-order valence-electron chi connectivity index (χ1n) is 7.46. The Kier molecular flexibility index (Phi) is 4.42. The number of thioether (sulfide) groups is 1. The third kappa shape index (κ3) is 3.14. The maximum Gasteiger partial charge on any atom is 0.235 e. The number of rotatable bonds is 4. The minimum atomic E-state index is -0.187. The molecule has 0 bridgehead atoms. The summed E-state index contributed by atoms with van der Waals surface area (Å²) in [4.78, 5) is 14.3. The normalized spacial score (nSPS) is 16.0. The zero-order valence-electron chi connectivity index (χ0n) is 12.8. The molecule has 0 unspecified atom stereocenters. The third-order valence-electron chi connectivity index (χ3n) is 3.73. The van der Waals surface area contributed by atoms with Crippen molar-refractivity contribution in [1.29, 1.82) is 0 Å². The number of likely N-dealkylation sites (tertiary alicyclic amines) is 1. The second kappa shape index (κ2) is 6.48. The zero-order valence-corrected chi connectivity index (χ0v) is 13.6. The number of hydrogen-bond acceptors (Lipinski definition) is 5. The highest BCUT2D eigenvalue weighted by molar-refractivity contribution is 8.00. The minimum Gasteiger partial charge on any atom is -0.342 e. The Morgan fingerprint density at radius 3 is 2.82 bits per heavy atom. The lowest BCUT2D eigenvalue weighted by Gasteiger charge is -2.19. The smallest absolute Gasteiger partial charge is 0.235 e. The molecule has 1 aromatic carbocycles. The average Bonchev–Trinajstić information content (AvgIpc) is 3.18. The van der Waals surface area contributed by atoms with E-state index in [0.717, 1.165) is 37.2 Å². The number of benzene rings is 1. The zero-order chi connectivity index (χ0) is 15.5. The fourth-order valence-electron chi connectivity index (χ4n) is 2.58. The van der Waals surface area contributed by atoms with Crippen LogP contribution in [-0.2, 0) is 4.79 Å². The van der Waals surface area contributed by atoms with Gasteiger partial charge >= 0.3 is 0 Å². The van der Waals surface area contributed by atoms with Gasteiger partial charge in [0.25, 0.3) is 0 Å². The SMILES string of the molecule is Cc1cccc(-n2nnnc2S[C@@H](C)C(=O)N2CCCC2)c1. The van der Waals surface area contributed by atoms with Crippen LogP contribution >= 0.6 is 11.8 Å². The summed E-state index contributed by atoms with van der Waals surface area (Å²) in [7, 11) is 0. The number of tetrazole rings is 1. The lowest BCUT2D eigenvalue weighted by atomic mass is 10.2. The van der Waals surface area contributed by atoms with E-state index in [0.29, 0.717) is 5.16 Å². The van der Waals surface area contributed by atoms with E-state index in [9.17, 15) is 4.79 Å². The van der Waals surface area contributed by atoms with Crippen LogP contribution in [0.5, 0.6) is 0 Å². The van der Waals surface area contributed by atoms with Crippen molar-refractivity contribution < 1.29 is 4.79 Å². The van der Waals surface area contributed by atoms with Crippen molar-refractivity contribution in [2.75, 3.05) is 13.1 Å². The molecule has 1 aliphatic heterocycles. The quantitative estimate of drug-likeness (QED) is 0.808. The van der Waals surface area contributed by atoms with E-state index < -0.39 is 0 Å². The van der Waals surface area contributed by atoms with Gasteiger partial charge in [0.15, 0.2) is 0 Å². The largest absolute Gasteiger partial charge is 0.342 e. The Hall–Kier alpha value is -1.89. The van der Waals surface area contributed by atoms with Crippen molar-refractivity contribution in [2.24, 2.45) is 0 Å². The highest BCUT2D eigenvalue weighted by atomic mass is 32.2. The lowest BCUT2D eigenvalue weighted by molar-refractivity contribution is -0.129. The first kappa shape index (κ1) is 15.0. The summed E-state index contributed by atoms with van der Waals surface area (Å²) in [6.45, 7) is 5.68. The predicted molar refractivity (Wildman–Crippen MR) is 85.0 cm³/mol. The molecule has 2 heterocycles. The van der Waals surface area contributed by atoms with E-state index in [2.05, 4.69) is 15.5 Å². The van der Waals surface area contributed by atoms with Crippen LogP contribution < -0.4 is 0 Å². The van der Waals surface area contributed by atoms with Gasteiger partial charge in [0.2, 0.25) is 11.1 Å². The Balaban J connectivity index is 1.76. The Bertz CT molecular complexity index is 665. The van der Waals surface area contributed by atoms with Crippen LogP contribution in [0.15, 0.2) is 29.4 Å². The number of carbonyl (C=O) groups is 1. The van der Waals surface area contributed by atoms with Gasteiger partial charge in [0.05, 0.1) is 10.9 Å². The van der Waals surface area contributed by atoms with E-state index in [1.54, 1.807) is 4.68 Å². The van der Waals surface area contributed by atoms with Crippen molar-refractivity contribution in [3.8, 4) is 5.69 Å². The molecule has 0 aliphatic carbocycles. The number of amides is 1. The number of nitrogens with zero attached hydrogens (tertiary/aromatic N) is 5. The molecule has 0 saturated carbocycles. The van der Waals surface area contributed by atoms with Crippen molar-refractivity contribution in [3.63, 3.8) is 0 Å². The highest BCUT2D eigenvalue weighted by Gasteiger charge is 2.25. The van der Waals surface area contributed by atoms with Crippen LogP contribution in [0.4, 0.5) is 0 Å². The van der Waals surface area contributed by atoms with Gasteiger partial charge in [0.1, 0.15) is 0 Å². The van der Waals surface area contributed by atoms with Gasteiger partial charge in [-0.15, -0.1) is 5.10 Å². The van der Waals surface area contributed by atoms with E-state index in [1.165, 1.54) is 11.8 Å². The van der Waals surface area contributed by atoms with Gasteiger partial charge in [-0.1, -0.05) is 23.9 Å². The first-order valence-corrected chi connectivity index (χ1v) is 8.34. The summed E-state index contributed by atoms with van der Waals surface area (Å²) < 4.78 is 1.69. The van der Waals surface area contributed by atoms with Crippen LogP contribution in [0.25, 0.3) is 5.69 Å². The number of hydrogen-bond donors (Lipinski definition) is 0. The Morgan fingerprint density at radius 2 is 2.09 bits per heavy atom. The molecule has 1 saturated heterocycles. The van der Waals surface area contributed by atoms with Gasteiger partial charge in [-0.25, -0.2) is 0 Å². The molecule has 116 valence electrons. The monoisotopic (exact) mass is 317 g/mol. The number of aryl methyl sites for hydroxylation is 1. The second-order valence-corrected chi connectivity index (χ2v) is 6.81. The summed E-state index contributed by atoms with van der Waals surface area (Å²) in [5.41, 5.74) is 2.05. The molecule has 1 fully saturated rings. The van der Waals surface area contributed by atoms with Crippen LogP contribution in [-0.4, -0.2) is 49.4 Å². The van der Waals surface area contributed by atoms with Crippen molar-refractivity contribution in [1.82, 2.24) is 25.1 Å². The van der Waals surface area contributed by atoms with Crippen LogP contribution in [0.3, 0.4) is 0 Å². The molecular weight excluding hydrogens is 298 g/mol. The fraction of sp³-hybridized carbons (Fsp3) is 0.467. The van der Waals surface area contributed by atoms with Crippen molar-refractivity contribution in [2.45, 2.75) is 37.1 Å². The fourth-order valence-corrected chi connectivity index (χ4v) is 3.47. The molecule has 0 N–H and O–H groups in total. The topological polar surface area (TPSA) is 63.9 Å². The van der Waals surface area contributed by atoms with Crippen molar-refractivity contribution in [3.05, 3.63) is 29.8 Å². The summed E-state index contributed by atoms with van der Waals surface area (Å²) in [6.07, 6.45) is 2.20. The lowest BCUT2D eigenvalue weighted by Crippen LogP contribution is -2.34. The highest BCUT2D eigenvalue weighted by Crippen LogP contribution is 2.25. The maximum atomic E-state index is 12.4. The van der Waals surface area contributed by atoms with E-state index in [-0.39, 0.29) is 11.2 Å². The Labute approximate surface area is 133 Å². The van der Waals surface area contributed by atoms with Crippen LogP contribution in [0, 0.1) is 6.92 Å². The molecule has 22 heavy (non-hydrogen) atoms. The molecule has 0 spiro atoms. The molecule has 1 aromatic heterocycles. The molecule has 0 radical (unpaired) electrons. The molecule has 1 amide bonds. The van der Waals surface area contributed by atoms with Crippen LogP contribution in [0.2, 0.25) is 0 Å². The standard InChI is InChI=1S/C15H19N5OS/c1-11-6-5-7-13(10-11)20-15(16-17-18-20)22-12(2)14(21)19-8-3-4-9-19/h5-7,10,12H,3-4,8-9H2,1-2H3/t12-/m0/s1. The third-order valence-corrected chi connectivity index (χ3v) is 4.76. The maximum absolute atomic E-state index is 12.4. The Morgan fingerprint density at radius 1 is 1.32 bits per heavy atom. The summed E-state index contributed by atoms with van der Waals surface area (Å²) in [6, 6.07) is 7.98. The van der Waals surface area contributed by atoms with Gasteiger partial charge in [-0.2, -0.15) is 4.68 Å². The molecule has 3 rings (SSSR count). The molecule has 6 nitrogen and oxygen atoms in total. The first-order chi connectivity index (χ1) is 10.6. The molecule has 7 heteroatoms. The summed E-state index contributed by atoms with van der Waals surface area (Å²) >= 11 is 1.41. The number of aromatic nitrogens is 4. The number of carbonyl (C=O) groups excluding carboxylic acids is 1. The average molecular weight is 317 g/mol. The van der Waals surface area contributed by atoms with E-state index >= 15 is 0 Å². The van der Waals surface area contributed by atoms with Crippen molar-refractivity contribution >= 4 is 17.7 Å². The minimum absolute atomic E-state index is 0.168. The predicted octanol–water partition coefficient (Wildman–Crippen LogP) is 2.07. The van der Waals surface area contributed by atoms with E-state index in [4.69, 9.17) is 0 Å². The summed E-state index contributed by atoms with van der Waals surface area (Å²) in [5, 5.41) is 12.3. The van der Waals surface area contributed by atoms with Gasteiger partial charge in [-0.05, 0) is 54.8 Å². The molecule has 1 atom stereocenters. The van der Waals surface area contributed by atoms with Crippen LogP contribution in [0.1, 0.15) is 25.3 Å².